The number of benzene rings is 1. The normalized spacial score (nSPS) is 17.1. The smallest absolute Gasteiger partial charge is 0.252 e. The Balaban J connectivity index is 1.71. The van der Waals surface area contributed by atoms with E-state index in [4.69, 9.17) is 0 Å². The van der Waals surface area contributed by atoms with Gasteiger partial charge in [-0.3, -0.25) is 0 Å². The molecule has 1 aliphatic rings. The van der Waals surface area contributed by atoms with Crippen molar-refractivity contribution in [3.05, 3.63) is 47.3 Å². The predicted octanol–water partition coefficient (Wildman–Crippen LogP) is 2.57. The first-order valence-corrected chi connectivity index (χ1v) is 9.24. The van der Waals surface area contributed by atoms with E-state index in [0.717, 1.165) is 13.1 Å². The van der Waals surface area contributed by atoms with E-state index in [1.807, 2.05) is 6.07 Å². The Morgan fingerprint density at radius 1 is 1.05 bits per heavy atom. The van der Waals surface area contributed by atoms with Crippen molar-refractivity contribution in [3.63, 3.8) is 0 Å². The largest absolute Gasteiger partial charge is 0.369 e. The molecular weight excluding hydrogens is 304 g/mol. The van der Waals surface area contributed by atoms with Gasteiger partial charge in [0, 0.05) is 31.9 Å². The number of rotatable bonds is 3. The molecule has 1 fully saturated rings. The van der Waals surface area contributed by atoms with Gasteiger partial charge in [0.15, 0.2) is 0 Å². The summed E-state index contributed by atoms with van der Waals surface area (Å²) in [5.74, 6) is 0. The Bertz CT molecular complexity index is 703. The maximum absolute atomic E-state index is 12.5. The Labute approximate surface area is 129 Å². The molecule has 6 heteroatoms. The fourth-order valence-electron chi connectivity index (χ4n) is 2.55. The first kappa shape index (κ1) is 14.6. The lowest BCUT2D eigenvalue weighted by molar-refractivity contribution is 0.386. The van der Waals surface area contributed by atoms with Crippen LogP contribution in [-0.4, -0.2) is 38.9 Å². The monoisotopic (exact) mass is 322 g/mol. The third-order valence-corrected chi connectivity index (χ3v) is 6.97. The highest BCUT2D eigenvalue weighted by Gasteiger charge is 2.29. The minimum Gasteiger partial charge on any atom is -0.369 e. The number of aryl methyl sites for hydroxylation is 1. The Kier molecular flexibility index (Phi) is 4.01. The summed E-state index contributed by atoms with van der Waals surface area (Å²) < 4.78 is 27.0. The van der Waals surface area contributed by atoms with Crippen molar-refractivity contribution < 1.29 is 8.42 Å². The summed E-state index contributed by atoms with van der Waals surface area (Å²) in [5.41, 5.74) is 2.39. The van der Waals surface area contributed by atoms with Gasteiger partial charge >= 0.3 is 0 Å². The molecule has 0 saturated carbocycles. The third kappa shape index (κ3) is 2.97. The molecule has 3 rings (SSSR count). The van der Waals surface area contributed by atoms with E-state index in [9.17, 15) is 8.42 Å². The lowest BCUT2D eigenvalue weighted by Crippen LogP contribution is -2.48. The van der Waals surface area contributed by atoms with Gasteiger partial charge in [0.1, 0.15) is 4.21 Å². The van der Waals surface area contributed by atoms with Crippen LogP contribution in [0.1, 0.15) is 5.56 Å². The van der Waals surface area contributed by atoms with Gasteiger partial charge in [0.25, 0.3) is 10.0 Å². The van der Waals surface area contributed by atoms with Gasteiger partial charge in [-0.25, -0.2) is 8.42 Å². The first-order chi connectivity index (χ1) is 10.1. The standard InChI is InChI=1S/C15H18N2O2S2/c1-13-4-2-5-14(12-13)16-7-9-17(10-8-16)21(18,19)15-6-3-11-20-15/h2-6,11-12H,7-10H2,1H3. The van der Waals surface area contributed by atoms with Crippen LogP contribution in [-0.2, 0) is 10.0 Å². The molecule has 1 aliphatic heterocycles. The maximum Gasteiger partial charge on any atom is 0.252 e. The molecule has 0 spiro atoms. The molecule has 0 atom stereocenters. The second-order valence-electron chi connectivity index (χ2n) is 5.16. The zero-order valence-electron chi connectivity index (χ0n) is 11.9. The summed E-state index contributed by atoms with van der Waals surface area (Å²) >= 11 is 1.28. The molecule has 1 aromatic heterocycles. The summed E-state index contributed by atoms with van der Waals surface area (Å²) in [6, 6.07) is 11.8. The van der Waals surface area contributed by atoms with Crippen LogP contribution in [0.2, 0.25) is 0 Å². The van der Waals surface area contributed by atoms with Crippen LogP contribution in [0.4, 0.5) is 5.69 Å². The second kappa shape index (κ2) is 5.79. The molecule has 112 valence electrons. The summed E-state index contributed by atoms with van der Waals surface area (Å²) in [6.07, 6.45) is 0. The molecule has 0 N–H and O–H groups in total. The van der Waals surface area contributed by atoms with Gasteiger partial charge < -0.3 is 4.90 Å². The van der Waals surface area contributed by atoms with Crippen molar-refractivity contribution in [3.8, 4) is 0 Å². The highest BCUT2D eigenvalue weighted by atomic mass is 32.2. The summed E-state index contributed by atoms with van der Waals surface area (Å²) in [7, 11) is -3.31. The van der Waals surface area contributed by atoms with Crippen molar-refractivity contribution in [1.29, 1.82) is 0 Å². The van der Waals surface area contributed by atoms with Gasteiger partial charge in [-0.2, -0.15) is 4.31 Å². The van der Waals surface area contributed by atoms with Crippen molar-refractivity contribution in [2.24, 2.45) is 0 Å². The van der Waals surface area contributed by atoms with E-state index < -0.39 is 10.0 Å². The molecule has 0 unspecified atom stereocenters. The van der Waals surface area contributed by atoms with Crippen LogP contribution in [0.3, 0.4) is 0 Å². The Morgan fingerprint density at radius 3 is 2.43 bits per heavy atom. The van der Waals surface area contributed by atoms with Gasteiger partial charge in [-0.15, -0.1) is 11.3 Å². The average molecular weight is 322 g/mol. The van der Waals surface area contributed by atoms with E-state index in [1.165, 1.54) is 22.6 Å². The highest BCUT2D eigenvalue weighted by molar-refractivity contribution is 7.91. The maximum atomic E-state index is 12.5. The molecule has 0 aliphatic carbocycles. The zero-order chi connectivity index (χ0) is 14.9. The molecule has 21 heavy (non-hydrogen) atoms. The summed E-state index contributed by atoms with van der Waals surface area (Å²) in [5, 5.41) is 1.80. The Morgan fingerprint density at radius 2 is 1.81 bits per heavy atom. The molecule has 0 amide bonds. The number of nitrogens with zero attached hydrogens (tertiary/aromatic N) is 2. The Hall–Kier alpha value is -1.37. The predicted molar refractivity (Wildman–Crippen MR) is 86.5 cm³/mol. The quantitative estimate of drug-likeness (QED) is 0.872. The lowest BCUT2D eigenvalue weighted by atomic mass is 10.2. The lowest BCUT2D eigenvalue weighted by Gasteiger charge is -2.35. The average Bonchev–Trinajstić information content (AvgIpc) is 3.02. The second-order valence-corrected chi connectivity index (χ2v) is 8.27. The first-order valence-electron chi connectivity index (χ1n) is 6.93. The number of thiophene rings is 1. The van der Waals surface area contributed by atoms with Crippen LogP contribution in [0.25, 0.3) is 0 Å². The molecular formula is C15H18N2O2S2. The third-order valence-electron chi connectivity index (χ3n) is 3.69. The molecule has 0 bridgehead atoms. The van der Waals surface area contributed by atoms with E-state index in [2.05, 4.69) is 30.0 Å². The molecule has 0 radical (unpaired) electrons. The van der Waals surface area contributed by atoms with Gasteiger partial charge in [0.2, 0.25) is 0 Å². The molecule has 4 nitrogen and oxygen atoms in total. The molecule has 2 heterocycles. The number of anilines is 1. The highest BCUT2D eigenvalue weighted by Crippen LogP contribution is 2.24. The van der Waals surface area contributed by atoms with Crippen LogP contribution in [0, 0.1) is 6.92 Å². The van der Waals surface area contributed by atoms with Crippen molar-refractivity contribution in [2.45, 2.75) is 11.1 Å². The van der Waals surface area contributed by atoms with E-state index >= 15 is 0 Å². The number of hydrogen-bond acceptors (Lipinski definition) is 4. The van der Waals surface area contributed by atoms with Crippen molar-refractivity contribution >= 4 is 27.0 Å². The molecule has 2 aromatic rings. The summed E-state index contributed by atoms with van der Waals surface area (Å²) in [6.45, 7) is 4.60. The van der Waals surface area contributed by atoms with Gasteiger partial charge in [0.05, 0.1) is 0 Å². The zero-order valence-corrected chi connectivity index (χ0v) is 13.5. The van der Waals surface area contributed by atoms with Crippen LogP contribution in [0.5, 0.6) is 0 Å². The van der Waals surface area contributed by atoms with Crippen LogP contribution >= 0.6 is 11.3 Å². The number of sulfonamides is 1. The number of hydrogen-bond donors (Lipinski definition) is 0. The summed E-state index contributed by atoms with van der Waals surface area (Å²) in [4.78, 5) is 2.24. The van der Waals surface area contributed by atoms with Gasteiger partial charge in [-0.1, -0.05) is 18.2 Å². The minimum absolute atomic E-state index is 0.437. The minimum atomic E-state index is -3.31. The van der Waals surface area contributed by atoms with E-state index in [0.29, 0.717) is 17.3 Å². The van der Waals surface area contributed by atoms with Crippen molar-refractivity contribution in [1.82, 2.24) is 4.31 Å². The SMILES string of the molecule is Cc1cccc(N2CCN(S(=O)(=O)c3cccs3)CC2)c1. The van der Waals surface area contributed by atoms with Crippen LogP contribution in [0.15, 0.2) is 46.0 Å². The van der Waals surface area contributed by atoms with Gasteiger partial charge in [-0.05, 0) is 36.1 Å². The fourth-order valence-corrected chi connectivity index (χ4v) is 5.12. The number of piperazine rings is 1. The molecule has 1 aromatic carbocycles. The fraction of sp³-hybridized carbons (Fsp3) is 0.333. The van der Waals surface area contributed by atoms with E-state index in [-0.39, 0.29) is 0 Å². The van der Waals surface area contributed by atoms with Crippen molar-refractivity contribution in [2.75, 3.05) is 31.1 Å². The topological polar surface area (TPSA) is 40.6 Å². The van der Waals surface area contributed by atoms with E-state index in [1.54, 1.807) is 21.8 Å². The van der Waals surface area contributed by atoms with Crippen LogP contribution < -0.4 is 4.90 Å². The molecule has 1 saturated heterocycles.